The number of nitrogens with one attached hydrogen (secondary N) is 2. The van der Waals surface area contributed by atoms with Crippen LogP contribution in [0.4, 0.5) is 9.59 Å². The normalized spacial score (nSPS) is 28.2. The van der Waals surface area contributed by atoms with Crippen molar-refractivity contribution in [2.45, 2.75) is 87.9 Å². The minimum Gasteiger partial charge on any atom is -0.445 e. The van der Waals surface area contributed by atoms with E-state index in [4.69, 9.17) is 18.9 Å². The predicted octanol–water partition coefficient (Wildman–Crippen LogP) is 3.79. The van der Waals surface area contributed by atoms with Gasteiger partial charge in [-0.1, -0.05) is 67.1 Å². The van der Waals surface area contributed by atoms with Crippen molar-refractivity contribution in [3.05, 3.63) is 71.8 Å². The number of aliphatic hydroxyl groups excluding tert-OH is 1. The summed E-state index contributed by atoms with van der Waals surface area (Å²) in [5, 5.41) is 16.8. The quantitative estimate of drug-likeness (QED) is 0.542. The molecule has 5 atom stereocenters. The minimum absolute atomic E-state index is 0.109. The molecule has 9 nitrogen and oxygen atoms in total. The molecule has 0 unspecified atom stereocenters. The smallest absolute Gasteiger partial charge is 0.407 e. The van der Waals surface area contributed by atoms with Gasteiger partial charge in [-0.3, -0.25) is 0 Å². The number of aliphatic hydroxyl groups is 1. The number of alkyl carbamates (subject to hydrolysis) is 2. The molecule has 0 aromatic heterocycles. The predicted molar refractivity (Wildman–Crippen MR) is 133 cm³/mol. The van der Waals surface area contributed by atoms with Crippen LogP contribution < -0.4 is 10.6 Å². The van der Waals surface area contributed by atoms with Crippen molar-refractivity contribution < 1.29 is 33.6 Å². The van der Waals surface area contributed by atoms with Crippen molar-refractivity contribution in [3.63, 3.8) is 0 Å². The van der Waals surface area contributed by atoms with Crippen molar-refractivity contribution >= 4 is 12.2 Å². The maximum atomic E-state index is 12.7. The maximum absolute atomic E-state index is 12.7. The van der Waals surface area contributed by atoms with E-state index in [9.17, 15) is 14.7 Å². The van der Waals surface area contributed by atoms with Crippen LogP contribution in [0, 0.1) is 0 Å². The Morgan fingerprint density at radius 2 is 1.30 bits per heavy atom. The van der Waals surface area contributed by atoms with Crippen LogP contribution in [0.2, 0.25) is 0 Å². The van der Waals surface area contributed by atoms with E-state index < -0.39 is 48.4 Å². The van der Waals surface area contributed by atoms with Gasteiger partial charge in [-0.15, -0.1) is 0 Å². The highest BCUT2D eigenvalue weighted by molar-refractivity contribution is 5.69. The van der Waals surface area contributed by atoms with Gasteiger partial charge in [0.05, 0.1) is 12.1 Å². The van der Waals surface area contributed by atoms with Gasteiger partial charge in [0.25, 0.3) is 0 Å². The zero-order valence-electron chi connectivity index (χ0n) is 20.7. The van der Waals surface area contributed by atoms with Crippen LogP contribution in [0.1, 0.15) is 49.7 Å². The highest BCUT2D eigenvalue weighted by Gasteiger charge is 2.57. The molecule has 0 radical (unpaired) electrons. The zero-order valence-corrected chi connectivity index (χ0v) is 20.7. The molecule has 3 aliphatic rings. The molecule has 37 heavy (non-hydrogen) atoms. The van der Waals surface area contributed by atoms with Gasteiger partial charge in [-0.25, -0.2) is 9.59 Å². The Morgan fingerprint density at radius 1 is 0.784 bits per heavy atom. The largest absolute Gasteiger partial charge is 0.445 e. The minimum atomic E-state index is -1.02. The van der Waals surface area contributed by atoms with Crippen molar-refractivity contribution in [2.75, 3.05) is 0 Å². The summed E-state index contributed by atoms with van der Waals surface area (Å²) in [6.07, 6.45) is 1.23. The Hall–Kier alpha value is -3.14. The van der Waals surface area contributed by atoms with E-state index in [1.165, 1.54) is 0 Å². The molecule has 2 aromatic carbocycles. The molecule has 9 heteroatoms. The second kappa shape index (κ2) is 11.5. The van der Waals surface area contributed by atoms with Crippen LogP contribution in [-0.4, -0.2) is 53.5 Å². The fourth-order valence-corrected chi connectivity index (χ4v) is 5.45. The number of carbonyl (C=O) groups excluding carboxylic acids is 2. The van der Waals surface area contributed by atoms with Gasteiger partial charge in [-0.05, 0) is 30.4 Å². The van der Waals surface area contributed by atoms with Gasteiger partial charge in [0.1, 0.15) is 31.5 Å². The number of rotatable bonds is 6. The topological polar surface area (TPSA) is 115 Å². The summed E-state index contributed by atoms with van der Waals surface area (Å²) < 4.78 is 23.5. The summed E-state index contributed by atoms with van der Waals surface area (Å²) in [7, 11) is 0. The number of fused-ring (bicyclic) bond motifs is 1. The van der Waals surface area contributed by atoms with Crippen molar-refractivity contribution in [1.82, 2.24) is 10.6 Å². The lowest BCUT2D eigenvalue weighted by atomic mass is 9.84. The first-order valence-electron chi connectivity index (χ1n) is 13.0. The molecular weight excluding hydrogens is 476 g/mol. The van der Waals surface area contributed by atoms with Gasteiger partial charge >= 0.3 is 12.2 Å². The Balaban J connectivity index is 1.24. The summed E-state index contributed by atoms with van der Waals surface area (Å²) >= 11 is 0. The molecule has 2 saturated carbocycles. The lowest BCUT2D eigenvalue weighted by Crippen LogP contribution is -2.63. The first kappa shape index (κ1) is 25.5. The lowest BCUT2D eigenvalue weighted by molar-refractivity contribution is -0.199. The van der Waals surface area contributed by atoms with E-state index in [0.717, 1.165) is 43.2 Å². The van der Waals surface area contributed by atoms with Gasteiger partial charge in [0, 0.05) is 12.8 Å². The van der Waals surface area contributed by atoms with Crippen molar-refractivity contribution in [3.8, 4) is 0 Å². The van der Waals surface area contributed by atoms with Crippen LogP contribution in [0.3, 0.4) is 0 Å². The molecule has 3 fully saturated rings. The van der Waals surface area contributed by atoms with E-state index in [-0.39, 0.29) is 19.6 Å². The highest BCUT2D eigenvalue weighted by Crippen LogP contribution is 2.44. The molecule has 3 N–H and O–H groups in total. The van der Waals surface area contributed by atoms with Gasteiger partial charge < -0.3 is 34.7 Å². The van der Waals surface area contributed by atoms with Gasteiger partial charge in [-0.2, -0.15) is 0 Å². The highest BCUT2D eigenvalue weighted by atomic mass is 16.8. The Kier molecular flexibility index (Phi) is 7.93. The van der Waals surface area contributed by atoms with E-state index >= 15 is 0 Å². The molecule has 2 aliphatic carbocycles. The lowest BCUT2D eigenvalue weighted by Gasteiger charge is -2.40. The van der Waals surface area contributed by atoms with Crippen LogP contribution in [0.15, 0.2) is 60.7 Å². The van der Waals surface area contributed by atoms with Gasteiger partial charge in [0.2, 0.25) is 0 Å². The summed E-state index contributed by atoms with van der Waals surface area (Å²) in [6, 6.07) is 17.5. The Labute approximate surface area is 216 Å². The first-order valence-corrected chi connectivity index (χ1v) is 13.0. The number of carbonyl (C=O) groups is 2. The average molecular weight is 511 g/mol. The monoisotopic (exact) mass is 510 g/mol. The van der Waals surface area contributed by atoms with E-state index in [2.05, 4.69) is 10.6 Å². The molecule has 1 spiro atoms. The third kappa shape index (κ3) is 6.23. The number of ether oxygens (including phenoxy) is 4. The molecular formula is C28H34N2O7. The maximum Gasteiger partial charge on any atom is 0.407 e. The van der Waals surface area contributed by atoms with Crippen molar-refractivity contribution in [1.29, 1.82) is 0 Å². The van der Waals surface area contributed by atoms with Crippen LogP contribution in [-0.2, 0) is 32.2 Å². The van der Waals surface area contributed by atoms with Crippen LogP contribution in [0.5, 0.6) is 0 Å². The molecule has 1 aliphatic heterocycles. The number of hydrogen-bond acceptors (Lipinski definition) is 7. The fourth-order valence-electron chi connectivity index (χ4n) is 5.45. The first-order chi connectivity index (χ1) is 18.0. The standard InChI is InChI=1S/C28H34N2O7/c31-23-21(29-26(32)34-17-19-10-4-1-5-11-19)16-22(30-27(33)35-18-20-12-6-2-7-13-20)24-25(23)37-28(36-24)14-8-3-9-15-28/h1-2,4-7,10-13,21-25,31H,3,8-9,14-18H2,(H,29,32)(H,30,33)/t21-,22+,23+,24-,25-/m0/s1. The molecule has 1 saturated heterocycles. The molecule has 1 heterocycles. The summed E-state index contributed by atoms with van der Waals surface area (Å²) in [6.45, 7) is 0.239. The Morgan fingerprint density at radius 3 is 1.86 bits per heavy atom. The average Bonchev–Trinajstić information content (AvgIpc) is 3.29. The second-order valence-electron chi connectivity index (χ2n) is 9.99. The zero-order chi connectivity index (χ0) is 25.7. The fraction of sp³-hybridized carbons (Fsp3) is 0.500. The molecule has 0 bridgehead atoms. The van der Waals surface area contributed by atoms with E-state index in [1.807, 2.05) is 60.7 Å². The number of hydrogen-bond donors (Lipinski definition) is 3. The number of benzene rings is 2. The van der Waals surface area contributed by atoms with Crippen LogP contribution >= 0.6 is 0 Å². The van der Waals surface area contributed by atoms with Crippen molar-refractivity contribution in [2.24, 2.45) is 0 Å². The van der Waals surface area contributed by atoms with E-state index in [1.54, 1.807) is 0 Å². The number of amides is 2. The molecule has 198 valence electrons. The molecule has 5 rings (SSSR count). The van der Waals surface area contributed by atoms with E-state index in [0.29, 0.717) is 0 Å². The second-order valence-corrected chi connectivity index (χ2v) is 9.99. The third-order valence-electron chi connectivity index (χ3n) is 7.33. The summed E-state index contributed by atoms with van der Waals surface area (Å²) in [5.41, 5.74) is 1.73. The molecule has 2 amide bonds. The molecule has 2 aromatic rings. The van der Waals surface area contributed by atoms with Crippen LogP contribution in [0.25, 0.3) is 0 Å². The third-order valence-corrected chi connectivity index (χ3v) is 7.33. The van der Waals surface area contributed by atoms with Gasteiger partial charge in [0.15, 0.2) is 5.79 Å². The SMILES string of the molecule is O=C(N[C@H]1C[C@@H](NC(=O)OCc2ccccc2)[C@@H]2OC3(CCCCC3)O[C@H]2[C@@H]1O)OCc1ccccc1. The summed E-state index contributed by atoms with van der Waals surface area (Å²) in [4.78, 5) is 25.3. The Bertz CT molecular complexity index is 1050. The summed E-state index contributed by atoms with van der Waals surface area (Å²) in [5.74, 6) is -0.773.